The van der Waals surface area contributed by atoms with E-state index in [1.54, 1.807) is 6.07 Å². The van der Waals surface area contributed by atoms with E-state index in [2.05, 4.69) is 21.2 Å². The topological polar surface area (TPSA) is 32.3 Å². The summed E-state index contributed by atoms with van der Waals surface area (Å²) in [6, 6.07) is 5.47. The lowest BCUT2D eigenvalue weighted by molar-refractivity contribution is 0.448. The Hall–Kier alpha value is -0.610. The summed E-state index contributed by atoms with van der Waals surface area (Å²) in [7, 11) is 0. The smallest absolute Gasteiger partial charge is 0.134 e. The normalized spacial score (nSPS) is 10.4. The molecule has 1 aromatic rings. The highest BCUT2D eigenvalue weighted by molar-refractivity contribution is 9.10. The molecule has 0 aliphatic heterocycles. The summed E-state index contributed by atoms with van der Waals surface area (Å²) in [5, 5.41) is 12.6. The minimum absolute atomic E-state index is 0.250. The Kier molecular flexibility index (Phi) is 4.90. The molecule has 4 heteroatoms. The predicted molar refractivity (Wildman–Crippen MR) is 58.1 cm³/mol. The summed E-state index contributed by atoms with van der Waals surface area (Å²) in [6.07, 6.45) is 0.509. The van der Waals surface area contributed by atoms with Crippen LogP contribution in [0.1, 0.15) is 12.0 Å². The third kappa shape index (κ3) is 3.27. The van der Waals surface area contributed by atoms with Gasteiger partial charge in [-0.25, -0.2) is 0 Å². The Balaban J connectivity index is 2.46. The van der Waals surface area contributed by atoms with Crippen molar-refractivity contribution < 1.29 is 9.50 Å². The quantitative estimate of drug-likeness (QED) is 0.799. The van der Waals surface area contributed by atoms with Crippen LogP contribution in [0.25, 0.3) is 0 Å². The number of para-hydroxylation sites is 1. The van der Waals surface area contributed by atoms with Crippen molar-refractivity contribution in [2.75, 3.05) is 13.2 Å². The average Bonchev–Trinajstić information content (AvgIpc) is 2.19. The highest BCUT2D eigenvalue weighted by Crippen LogP contribution is 2.26. The van der Waals surface area contributed by atoms with Gasteiger partial charge in [-0.1, -0.05) is 12.1 Å². The maximum atomic E-state index is 11.8. The zero-order chi connectivity index (χ0) is 10.4. The molecule has 14 heavy (non-hydrogen) atoms. The van der Waals surface area contributed by atoms with Crippen LogP contribution in [0.5, 0.6) is 5.75 Å². The number of benzene rings is 1. The largest absolute Gasteiger partial charge is 0.506 e. The van der Waals surface area contributed by atoms with Gasteiger partial charge >= 0.3 is 0 Å². The third-order valence-electron chi connectivity index (χ3n) is 1.87. The number of phenols is 1. The van der Waals surface area contributed by atoms with Gasteiger partial charge < -0.3 is 10.4 Å². The fourth-order valence-electron chi connectivity index (χ4n) is 1.12. The van der Waals surface area contributed by atoms with Gasteiger partial charge in [-0.2, -0.15) is 0 Å². The van der Waals surface area contributed by atoms with Crippen molar-refractivity contribution in [2.24, 2.45) is 0 Å². The molecule has 0 amide bonds. The lowest BCUT2D eigenvalue weighted by Crippen LogP contribution is -2.15. The number of nitrogens with one attached hydrogen (secondary N) is 1. The second-order valence-electron chi connectivity index (χ2n) is 2.97. The van der Waals surface area contributed by atoms with E-state index in [0.29, 0.717) is 24.0 Å². The predicted octanol–water partition coefficient (Wildman–Crippen LogP) is 2.60. The van der Waals surface area contributed by atoms with Crippen LogP contribution in [0.15, 0.2) is 22.7 Å². The fraction of sp³-hybridized carbons (Fsp3) is 0.400. The fourth-order valence-corrected chi connectivity index (χ4v) is 1.52. The number of alkyl halides is 1. The van der Waals surface area contributed by atoms with Crippen LogP contribution < -0.4 is 5.32 Å². The molecular weight excluding hydrogens is 249 g/mol. The Morgan fingerprint density at radius 2 is 2.21 bits per heavy atom. The van der Waals surface area contributed by atoms with Gasteiger partial charge in [0.15, 0.2) is 0 Å². The third-order valence-corrected chi connectivity index (χ3v) is 2.51. The minimum atomic E-state index is -0.308. The number of halogens is 2. The van der Waals surface area contributed by atoms with Crippen molar-refractivity contribution in [3.8, 4) is 5.75 Å². The zero-order valence-corrected chi connectivity index (χ0v) is 9.35. The highest BCUT2D eigenvalue weighted by atomic mass is 79.9. The first kappa shape index (κ1) is 11.5. The number of phenolic OH excluding ortho intramolecular Hbond substituents is 1. The van der Waals surface area contributed by atoms with Crippen molar-refractivity contribution in [3.63, 3.8) is 0 Å². The van der Waals surface area contributed by atoms with E-state index in [1.165, 1.54) is 0 Å². The monoisotopic (exact) mass is 261 g/mol. The molecule has 0 heterocycles. The van der Waals surface area contributed by atoms with E-state index in [4.69, 9.17) is 0 Å². The number of aromatic hydroxyl groups is 1. The maximum Gasteiger partial charge on any atom is 0.134 e. The van der Waals surface area contributed by atoms with E-state index >= 15 is 0 Å². The molecule has 2 nitrogen and oxygen atoms in total. The lowest BCUT2D eigenvalue weighted by atomic mass is 10.2. The summed E-state index contributed by atoms with van der Waals surface area (Å²) in [5.41, 5.74) is 0.818. The SMILES string of the molecule is Oc1c(Br)cccc1CNCCCF. The molecule has 0 aliphatic carbocycles. The number of hydrogen-bond acceptors (Lipinski definition) is 2. The minimum Gasteiger partial charge on any atom is -0.506 e. The van der Waals surface area contributed by atoms with E-state index in [1.807, 2.05) is 12.1 Å². The molecule has 0 atom stereocenters. The first-order valence-corrected chi connectivity index (χ1v) is 5.28. The van der Waals surface area contributed by atoms with Gasteiger partial charge in [0, 0.05) is 12.1 Å². The molecule has 78 valence electrons. The standard InChI is InChI=1S/C10H13BrFNO/c11-9-4-1-3-8(10(9)14)7-13-6-2-5-12/h1,3-4,13-14H,2,5-7H2. The van der Waals surface area contributed by atoms with Crippen LogP contribution in [0.4, 0.5) is 4.39 Å². The van der Waals surface area contributed by atoms with Gasteiger partial charge in [0.05, 0.1) is 11.1 Å². The molecule has 2 N–H and O–H groups in total. The van der Waals surface area contributed by atoms with Gasteiger partial charge in [-0.3, -0.25) is 4.39 Å². The molecule has 1 rings (SSSR count). The van der Waals surface area contributed by atoms with E-state index in [0.717, 1.165) is 5.56 Å². The highest BCUT2D eigenvalue weighted by Gasteiger charge is 2.03. The Labute approximate surface area is 91.3 Å². The summed E-state index contributed by atoms with van der Waals surface area (Å²) in [5.74, 6) is 0.250. The van der Waals surface area contributed by atoms with Gasteiger partial charge in [0.1, 0.15) is 5.75 Å². The van der Waals surface area contributed by atoms with Crippen molar-refractivity contribution >= 4 is 15.9 Å². The van der Waals surface area contributed by atoms with Crippen LogP contribution in [0, 0.1) is 0 Å². The summed E-state index contributed by atoms with van der Waals surface area (Å²) in [6.45, 7) is 0.880. The molecular formula is C10H13BrFNO. The van der Waals surface area contributed by atoms with Crippen LogP contribution >= 0.6 is 15.9 Å². The molecule has 0 aliphatic rings. The van der Waals surface area contributed by atoms with Crippen molar-refractivity contribution in [1.82, 2.24) is 5.32 Å². The molecule has 0 bridgehead atoms. The molecule has 0 fully saturated rings. The van der Waals surface area contributed by atoms with Crippen LogP contribution in [0.3, 0.4) is 0 Å². The number of hydrogen-bond donors (Lipinski definition) is 2. The van der Waals surface area contributed by atoms with Gasteiger partial charge in [-0.05, 0) is 35.0 Å². The van der Waals surface area contributed by atoms with E-state index < -0.39 is 0 Å². The van der Waals surface area contributed by atoms with Crippen molar-refractivity contribution in [2.45, 2.75) is 13.0 Å². The van der Waals surface area contributed by atoms with Crippen molar-refractivity contribution in [1.29, 1.82) is 0 Å². The Morgan fingerprint density at radius 3 is 2.93 bits per heavy atom. The average molecular weight is 262 g/mol. The molecule has 1 aromatic carbocycles. The van der Waals surface area contributed by atoms with Crippen LogP contribution in [0.2, 0.25) is 0 Å². The molecule has 0 saturated heterocycles. The lowest BCUT2D eigenvalue weighted by Gasteiger charge is -2.06. The van der Waals surface area contributed by atoms with Gasteiger partial charge in [0.2, 0.25) is 0 Å². The molecule has 0 saturated carbocycles. The van der Waals surface area contributed by atoms with Crippen molar-refractivity contribution in [3.05, 3.63) is 28.2 Å². The first-order chi connectivity index (χ1) is 6.75. The molecule has 0 spiro atoms. The summed E-state index contributed by atoms with van der Waals surface area (Å²) in [4.78, 5) is 0. The van der Waals surface area contributed by atoms with E-state index in [9.17, 15) is 9.50 Å². The second kappa shape index (κ2) is 5.98. The summed E-state index contributed by atoms with van der Waals surface area (Å²) >= 11 is 3.23. The van der Waals surface area contributed by atoms with Gasteiger partial charge in [-0.15, -0.1) is 0 Å². The molecule has 0 aromatic heterocycles. The second-order valence-corrected chi connectivity index (χ2v) is 3.82. The Bertz CT molecular complexity index is 293. The molecule has 0 radical (unpaired) electrons. The number of rotatable bonds is 5. The van der Waals surface area contributed by atoms with Gasteiger partial charge in [0.25, 0.3) is 0 Å². The zero-order valence-electron chi connectivity index (χ0n) is 7.76. The maximum absolute atomic E-state index is 11.8. The summed E-state index contributed by atoms with van der Waals surface area (Å²) < 4.78 is 12.4. The first-order valence-electron chi connectivity index (χ1n) is 4.48. The molecule has 0 unspecified atom stereocenters. The van der Waals surface area contributed by atoms with E-state index in [-0.39, 0.29) is 12.4 Å². The van der Waals surface area contributed by atoms with Crippen LogP contribution in [-0.2, 0) is 6.54 Å². The Morgan fingerprint density at radius 1 is 1.43 bits per heavy atom. The van der Waals surface area contributed by atoms with Crippen LogP contribution in [-0.4, -0.2) is 18.3 Å².